The molecule has 1 aromatic rings. The van der Waals surface area contributed by atoms with Crippen molar-refractivity contribution in [3.8, 4) is 0 Å². The number of aromatic nitrogens is 2. The molecular formula is C11H18N2O2. The molecule has 0 aliphatic heterocycles. The van der Waals surface area contributed by atoms with E-state index in [-0.39, 0.29) is 11.1 Å². The summed E-state index contributed by atoms with van der Waals surface area (Å²) in [4.78, 5) is 10.9. The van der Waals surface area contributed by atoms with Crippen molar-refractivity contribution >= 4 is 5.97 Å². The van der Waals surface area contributed by atoms with E-state index in [0.29, 0.717) is 6.54 Å². The summed E-state index contributed by atoms with van der Waals surface area (Å²) in [5.41, 5.74) is 1.25. The maximum Gasteiger partial charge on any atom is 0.354 e. The number of hydrogen-bond donors (Lipinski definition) is 1. The minimum atomic E-state index is -0.912. The first-order chi connectivity index (χ1) is 6.83. The molecule has 0 bridgehead atoms. The molecule has 0 aromatic carbocycles. The Bertz CT molecular complexity index is 361. The predicted molar refractivity (Wildman–Crippen MR) is 58.0 cm³/mol. The van der Waals surface area contributed by atoms with Gasteiger partial charge in [0.15, 0.2) is 0 Å². The molecule has 84 valence electrons. The molecule has 4 heteroatoms. The summed E-state index contributed by atoms with van der Waals surface area (Å²) in [5, 5.41) is 13.2. The molecule has 1 heterocycles. The van der Waals surface area contributed by atoms with Crippen LogP contribution in [-0.4, -0.2) is 20.9 Å². The van der Waals surface area contributed by atoms with E-state index in [2.05, 4.69) is 25.9 Å². The van der Waals surface area contributed by atoms with E-state index in [0.717, 1.165) is 12.1 Å². The van der Waals surface area contributed by atoms with Crippen molar-refractivity contribution in [3.63, 3.8) is 0 Å². The smallest absolute Gasteiger partial charge is 0.354 e. The lowest BCUT2D eigenvalue weighted by molar-refractivity contribution is 0.0683. The summed E-state index contributed by atoms with van der Waals surface area (Å²) in [6.45, 7) is 8.81. The highest BCUT2D eigenvalue weighted by Gasteiger charge is 2.17. The molecule has 4 nitrogen and oxygen atoms in total. The maximum absolute atomic E-state index is 10.9. The Balaban J connectivity index is 2.98. The SMILES string of the molecule is CCn1nc(CC(C)(C)C)cc1C(=O)O. The molecule has 0 saturated carbocycles. The van der Waals surface area contributed by atoms with Crippen molar-refractivity contribution in [2.75, 3.05) is 0 Å². The highest BCUT2D eigenvalue weighted by atomic mass is 16.4. The molecule has 0 aliphatic carbocycles. The number of nitrogens with zero attached hydrogens (tertiary/aromatic N) is 2. The Morgan fingerprint density at radius 2 is 2.13 bits per heavy atom. The lowest BCUT2D eigenvalue weighted by Crippen LogP contribution is -2.10. The van der Waals surface area contributed by atoms with Crippen LogP contribution in [0, 0.1) is 5.41 Å². The zero-order valence-corrected chi connectivity index (χ0v) is 9.74. The molecule has 0 atom stereocenters. The van der Waals surface area contributed by atoms with Gasteiger partial charge in [0.25, 0.3) is 0 Å². The quantitative estimate of drug-likeness (QED) is 0.832. The van der Waals surface area contributed by atoms with Crippen molar-refractivity contribution in [1.82, 2.24) is 9.78 Å². The zero-order chi connectivity index (χ0) is 11.6. The molecule has 0 saturated heterocycles. The second kappa shape index (κ2) is 4.04. The van der Waals surface area contributed by atoms with E-state index >= 15 is 0 Å². The monoisotopic (exact) mass is 210 g/mol. The molecule has 0 aliphatic rings. The standard InChI is InChI=1S/C11H18N2O2/c1-5-13-9(10(14)15)6-8(12-13)7-11(2,3)4/h6H,5,7H2,1-4H3,(H,14,15). The van der Waals surface area contributed by atoms with E-state index in [1.807, 2.05) is 6.92 Å². The summed E-state index contributed by atoms with van der Waals surface area (Å²) in [7, 11) is 0. The van der Waals surface area contributed by atoms with Gasteiger partial charge in [-0.3, -0.25) is 4.68 Å². The van der Waals surface area contributed by atoms with Gasteiger partial charge < -0.3 is 5.11 Å². The zero-order valence-electron chi connectivity index (χ0n) is 9.74. The first-order valence-corrected chi connectivity index (χ1v) is 5.13. The van der Waals surface area contributed by atoms with Gasteiger partial charge in [0.1, 0.15) is 5.69 Å². The van der Waals surface area contributed by atoms with E-state index in [9.17, 15) is 4.79 Å². The summed E-state index contributed by atoms with van der Waals surface area (Å²) >= 11 is 0. The normalized spacial score (nSPS) is 11.7. The Hall–Kier alpha value is -1.32. The van der Waals surface area contributed by atoms with E-state index in [1.165, 1.54) is 4.68 Å². The van der Waals surface area contributed by atoms with E-state index in [4.69, 9.17) is 5.11 Å². The molecule has 0 radical (unpaired) electrons. The number of hydrogen-bond acceptors (Lipinski definition) is 2. The van der Waals surface area contributed by atoms with Gasteiger partial charge in [-0.2, -0.15) is 5.10 Å². The van der Waals surface area contributed by atoms with Gasteiger partial charge in [-0.1, -0.05) is 20.8 Å². The molecular weight excluding hydrogens is 192 g/mol. The molecule has 0 amide bonds. The summed E-state index contributed by atoms with van der Waals surface area (Å²) in [6, 6.07) is 1.66. The minimum Gasteiger partial charge on any atom is -0.477 e. The van der Waals surface area contributed by atoms with Crippen LogP contribution in [0.3, 0.4) is 0 Å². The molecule has 1 rings (SSSR count). The van der Waals surface area contributed by atoms with E-state index < -0.39 is 5.97 Å². The van der Waals surface area contributed by atoms with Crippen LogP contribution in [0.4, 0.5) is 0 Å². The Kier molecular flexibility index (Phi) is 3.17. The van der Waals surface area contributed by atoms with Crippen LogP contribution < -0.4 is 0 Å². The average Bonchev–Trinajstić information content (AvgIpc) is 2.44. The first kappa shape index (κ1) is 11.8. The molecule has 0 unspecified atom stereocenters. The number of aryl methyl sites for hydroxylation is 1. The first-order valence-electron chi connectivity index (χ1n) is 5.13. The van der Waals surface area contributed by atoms with Crippen molar-refractivity contribution in [2.45, 2.75) is 40.7 Å². The number of rotatable bonds is 3. The van der Waals surface area contributed by atoms with Crippen molar-refractivity contribution < 1.29 is 9.90 Å². The van der Waals surface area contributed by atoms with Gasteiger partial charge in [-0.25, -0.2) is 4.79 Å². The van der Waals surface area contributed by atoms with Crippen LogP contribution in [0.15, 0.2) is 6.07 Å². The van der Waals surface area contributed by atoms with Crippen LogP contribution >= 0.6 is 0 Å². The second-order valence-electron chi connectivity index (χ2n) is 4.88. The van der Waals surface area contributed by atoms with Gasteiger partial charge in [0.2, 0.25) is 0 Å². The van der Waals surface area contributed by atoms with Crippen LogP contribution in [0.2, 0.25) is 0 Å². The molecule has 15 heavy (non-hydrogen) atoms. The van der Waals surface area contributed by atoms with Gasteiger partial charge >= 0.3 is 5.97 Å². The van der Waals surface area contributed by atoms with Crippen molar-refractivity contribution in [1.29, 1.82) is 0 Å². The third-order valence-electron chi connectivity index (χ3n) is 2.06. The Morgan fingerprint density at radius 1 is 1.53 bits per heavy atom. The number of carbonyl (C=O) groups is 1. The van der Waals surface area contributed by atoms with Crippen LogP contribution in [0.1, 0.15) is 43.9 Å². The topological polar surface area (TPSA) is 55.1 Å². The molecule has 0 fully saturated rings. The molecule has 1 N–H and O–H groups in total. The van der Waals surface area contributed by atoms with Gasteiger partial charge in [0.05, 0.1) is 5.69 Å². The van der Waals surface area contributed by atoms with Gasteiger partial charge in [-0.05, 0) is 24.8 Å². The minimum absolute atomic E-state index is 0.128. The second-order valence-corrected chi connectivity index (χ2v) is 4.88. The van der Waals surface area contributed by atoms with E-state index in [1.54, 1.807) is 6.07 Å². The van der Waals surface area contributed by atoms with Crippen LogP contribution in [-0.2, 0) is 13.0 Å². The number of aromatic carboxylic acids is 1. The van der Waals surface area contributed by atoms with Crippen molar-refractivity contribution in [3.05, 3.63) is 17.5 Å². The maximum atomic E-state index is 10.9. The highest BCUT2D eigenvalue weighted by Crippen LogP contribution is 2.20. The largest absolute Gasteiger partial charge is 0.477 e. The molecule has 0 spiro atoms. The van der Waals surface area contributed by atoms with Crippen LogP contribution in [0.25, 0.3) is 0 Å². The predicted octanol–water partition coefficient (Wildman–Crippen LogP) is 2.19. The summed E-state index contributed by atoms with van der Waals surface area (Å²) in [6.07, 6.45) is 0.792. The fraction of sp³-hybridized carbons (Fsp3) is 0.636. The molecule has 1 aromatic heterocycles. The fourth-order valence-corrected chi connectivity index (χ4v) is 1.51. The average molecular weight is 210 g/mol. The number of carboxylic acids is 1. The third kappa shape index (κ3) is 3.08. The van der Waals surface area contributed by atoms with Gasteiger partial charge in [-0.15, -0.1) is 0 Å². The van der Waals surface area contributed by atoms with Crippen molar-refractivity contribution in [2.24, 2.45) is 5.41 Å². The number of carboxylic acid groups (broad SMARTS) is 1. The van der Waals surface area contributed by atoms with Crippen LogP contribution in [0.5, 0.6) is 0 Å². The summed E-state index contributed by atoms with van der Waals surface area (Å²) < 4.78 is 1.53. The Morgan fingerprint density at radius 3 is 2.47 bits per heavy atom. The lowest BCUT2D eigenvalue weighted by atomic mass is 9.90. The van der Waals surface area contributed by atoms with Gasteiger partial charge in [0, 0.05) is 6.54 Å². The highest BCUT2D eigenvalue weighted by molar-refractivity contribution is 5.85. The Labute approximate surface area is 89.9 Å². The fourth-order valence-electron chi connectivity index (χ4n) is 1.51. The lowest BCUT2D eigenvalue weighted by Gasteiger charge is -2.15. The third-order valence-corrected chi connectivity index (χ3v) is 2.06. The summed E-state index contributed by atoms with van der Waals surface area (Å²) in [5.74, 6) is -0.912.